The van der Waals surface area contributed by atoms with Crippen molar-refractivity contribution >= 4 is 29.1 Å². The third kappa shape index (κ3) is 5.09. The van der Waals surface area contributed by atoms with E-state index in [1.165, 1.54) is 6.07 Å². The summed E-state index contributed by atoms with van der Waals surface area (Å²) in [5, 5.41) is 6.59. The molecule has 1 saturated heterocycles. The number of anilines is 2. The molecule has 180 valence electrons. The first-order chi connectivity index (χ1) is 16.0. The summed E-state index contributed by atoms with van der Waals surface area (Å²) in [6.45, 7) is 7.45. The van der Waals surface area contributed by atoms with Crippen LogP contribution in [0.3, 0.4) is 0 Å². The number of carbonyl (C=O) groups excluding carboxylic acids is 1. The average molecular weight is 494 g/mol. The van der Waals surface area contributed by atoms with Crippen LogP contribution in [0.2, 0.25) is 5.02 Å². The van der Waals surface area contributed by atoms with Crippen LogP contribution in [0.25, 0.3) is 5.82 Å². The minimum atomic E-state index is -4.61. The average Bonchev–Trinajstić information content (AvgIpc) is 3.12. The number of urea groups is 1. The number of hydrogen-bond donors (Lipinski definition) is 1. The predicted octanol–water partition coefficient (Wildman–Crippen LogP) is 4.61. The molecule has 3 aromatic rings. The van der Waals surface area contributed by atoms with Crippen molar-refractivity contribution in [2.24, 2.45) is 0 Å². The normalized spacial score (nSPS) is 14.4. The molecule has 2 aromatic heterocycles. The van der Waals surface area contributed by atoms with Crippen LogP contribution in [0, 0.1) is 20.8 Å². The highest BCUT2D eigenvalue weighted by Gasteiger charge is 2.33. The van der Waals surface area contributed by atoms with Gasteiger partial charge in [-0.15, -0.1) is 0 Å². The fraction of sp³-hybridized carbons (Fsp3) is 0.364. The summed E-state index contributed by atoms with van der Waals surface area (Å²) < 4.78 is 41.0. The van der Waals surface area contributed by atoms with E-state index in [0.717, 1.165) is 29.3 Å². The summed E-state index contributed by atoms with van der Waals surface area (Å²) in [6, 6.07) is 6.64. The number of aryl methyl sites for hydroxylation is 3. The summed E-state index contributed by atoms with van der Waals surface area (Å²) >= 11 is 5.65. The van der Waals surface area contributed by atoms with Gasteiger partial charge in [0.1, 0.15) is 11.6 Å². The lowest BCUT2D eigenvalue weighted by Gasteiger charge is -2.35. The molecule has 4 rings (SSSR count). The zero-order valence-electron chi connectivity index (χ0n) is 18.8. The van der Waals surface area contributed by atoms with Crippen molar-refractivity contribution in [3.05, 3.63) is 58.1 Å². The number of rotatable bonds is 3. The number of halogens is 4. The monoisotopic (exact) mass is 493 g/mol. The summed E-state index contributed by atoms with van der Waals surface area (Å²) in [5.41, 5.74) is 0.886. The first kappa shape index (κ1) is 23.8. The van der Waals surface area contributed by atoms with Gasteiger partial charge in [0.25, 0.3) is 0 Å². The van der Waals surface area contributed by atoms with Crippen molar-refractivity contribution in [1.29, 1.82) is 0 Å². The number of amides is 2. The fourth-order valence-corrected chi connectivity index (χ4v) is 4.05. The van der Waals surface area contributed by atoms with Gasteiger partial charge >= 0.3 is 12.2 Å². The molecule has 1 aliphatic rings. The van der Waals surface area contributed by atoms with Crippen LogP contribution in [-0.4, -0.2) is 56.9 Å². The van der Waals surface area contributed by atoms with Gasteiger partial charge in [0.05, 0.1) is 16.3 Å². The minimum Gasteiger partial charge on any atom is -0.353 e. The van der Waals surface area contributed by atoms with E-state index >= 15 is 0 Å². The molecule has 8 nitrogen and oxygen atoms in total. The molecule has 0 bridgehead atoms. The number of carbonyl (C=O) groups is 1. The molecule has 0 unspecified atom stereocenters. The predicted molar refractivity (Wildman–Crippen MR) is 123 cm³/mol. The number of piperazine rings is 1. The third-order valence-corrected chi connectivity index (χ3v) is 5.78. The summed E-state index contributed by atoms with van der Waals surface area (Å²) in [5.74, 6) is 1.99. The van der Waals surface area contributed by atoms with Gasteiger partial charge in [-0.25, -0.2) is 19.4 Å². The van der Waals surface area contributed by atoms with Crippen LogP contribution in [0.5, 0.6) is 0 Å². The molecule has 1 aliphatic heterocycles. The van der Waals surface area contributed by atoms with E-state index in [4.69, 9.17) is 11.6 Å². The minimum absolute atomic E-state index is 0.0325. The second-order valence-electron chi connectivity index (χ2n) is 8.07. The van der Waals surface area contributed by atoms with Crippen molar-refractivity contribution < 1.29 is 18.0 Å². The second-order valence-corrected chi connectivity index (χ2v) is 8.47. The van der Waals surface area contributed by atoms with E-state index in [1.807, 2.05) is 37.8 Å². The Hall–Kier alpha value is -3.34. The lowest BCUT2D eigenvalue weighted by atomic mass is 10.2. The number of nitrogens with one attached hydrogen (secondary N) is 1. The van der Waals surface area contributed by atoms with Crippen molar-refractivity contribution in [3.8, 4) is 5.82 Å². The van der Waals surface area contributed by atoms with Gasteiger partial charge < -0.3 is 15.1 Å². The molecular weight excluding hydrogens is 471 g/mol. The topological polar surface area (TPSA) is 79.2 Å². The fourth-order valence-electron chi connectivity index (χ4n) is 3.83. The van der Waals surface area contributed by atoms with E-state index < -0.39 is 22.8 Å². The zero-order valence-corrected chi connectivity index (χ0v) is 19.6. The molecule has 0 spiro atoms. The summed E-state index contributed by atoms with van der Waals surface area (Å²) in [6.07, 6.45) is -4.61. The first-order valence-electron chi connectivity index (χ1n) is 10.6. The van der Waals surface area contributed by atoms with Crippen molar-refractivity contribution in [2.45, 2.75) is 26.9 Å². The van der Waals surface area contributed by atoms with Gasteiger partial charge in [-0.05, 0) is 45.0 Å². The number of nitrogens with zero attached hydrogens (tertiary/aromatic N) is 6. The number of alkyl halides is 3. The maximum Gasteiger partial charge on any atom is 0.417 e. The van der Waals surface area contributed by atoms with Crippen molar-refractivity contribution in [2.75, 3.05) is 36.4 Å². The standard InChI is InChI=1S/C22H23ClF3N7O/c1-13-10-14(2)33(30-13)20-12-19(27-15(3)28-20)31-6-8-32(9-7-31)21(34)29-16-4-5-18(23)17(11-16)22(24,25)26/h4-5,10-12H,6-9H2,1-3H3,(H,29,34). The third-order valence-electron chi connectivity index (χ3n) is 5.45. The molecule has 12 heteroatoms. The maximum absolute atomic E-state index is 13.1. The molecular formula is C22H23ClF3N7O. The lowest BCUT2D eigenvalue weighted by molar-refractivity contribution is -0.137. The molecule has 0 aliphatic carbocycles. The maximum atomic E-state index is 13.1. The van der Waals surface area contributed by atoms with Gasteiger partial charge in [0, 0.05) is 43.6 Å². The molecule has 1 fully saturated rings. The number of aromatic nitrogens is 4. The Morgan fingerprint density at radius 2 is 1.68 bits per heavy atom. The molecule has 0 radical (unpaired) electrons. The Balaban J connectivity index is 1.43. The molecule has 1 N–H and O–H groups in total. The van der Waals surface area contributed by atoms with Crippen LogP contribution in [0.4, 0.5) is 29.5 Å². The van der Waals surface area contributed by atoms with Gasteiger partial charge in [-0.3, -0.25) is 0 Å². The lowest BCUT2D eigenvalue weighted by Crippen LogP contribution is -2.50. The first-order valence-corrected chi connectivity index (χ1v) is 11.0. The highest BCUT2D eigenvalue weighted by Crippen LogP contribution is 2.36. The van der Waals surface area contributed by atoms with E-state index in [2.05, 4.69) is 20.4 Å². The zero-order chi connectivity index (χ0) is 24.6. The van der Waals surface area contributed by atoms with Gasteiger partial charge in [0.2, 0.25) is 0 Å². The molecule has 0 atom stereocenters. The number of benzene rings is 1. The van der Waals surface area contributed by atoms with Crippen molar-refractivity contribution in [1.82, 2.24) is 24.6 Å². The molecule has 1 aromatic carbocycles. The Labute approximate surface area is 199 Å². The highest BCUT2D eigenvalue weighted by atomic mass is 35.5. The largest absolute Gasteiger partial charge is 0.417 e. The highest BCUT2D eigenvalue weighted by molar-refractivity contribution is 6.31. The van der Waals surface area contributed by atoms with Crippen LogP contribution >= 0.6 is 11.6 Å². The smallest absolute Gasteiger partial charge is 0.353 e. The van der Waals surface area contributed by atoms with Crippen LogP contribution in [-0.2, 0) is 6.18 Å². The molecule has 2 amide bonds. The molecule has 3 heterocycles. The van der Waals surface area contributed by atoms with Crippen LogP contribution in [0.1, 0.15) is 22.8 Å². The quantitative estimate of drug-likeness (QED) is 0.576. The van der Waals surface area contributed by atoms with Crippen molar-refractivity contribution in [3.63, 3.8) is 0 Å². The van der Waals surface area contributed by atoms with E-state index in [1.54, 1.807) is 9.58 Å². The number of hydrogen-bond acceptors (Lipinski definition) is 5. The Bertz CT molecular complexity index is 1220. The van der Waals surface area contributed by atoms with Gasteiger partial charge in [0.15, 0.2) is 5.82 Å². The Kier molecular flexibility index (Phi) is 6.39. The van der Waals surface area contributed by atoms with Gasteiger partial charge in [-0.2, -0.15) is 18.3 Å². The molecule has 0 saturated carbocycles. The van der Waals surface area contributed by atoms with E-state index in [-0.39, 0.29) is 5.69 Å². The summed E-state index contributed by atoms with van der Waals surface area (Å²) in [7, 11) is 0. The Morgan fingerprint density at radius 3 is 2.29 bits per heavy atom. The SMILES string of the molecule is Cc1cc(C)n(-c2cc(N3CCN(C(=O)Nc4ccc(Cl)c(C(F)(F)F)c4)CC3)nc(C)n2)n1. The van der Waals surface area contributed by atoms with Crippen LogP contribution < -0.4 is 10.2 Å². The van der Waals surface area contributed by atoms with E-state index in [9.17, 15) is 18.0 Å². The summed E-state index contributed by atoms with van der Waals surface area (Å²) in [4.78, 5) is 25.2. The Morgan fingerprint density at radius 1 is 1.00 bits per heavy atom. The van der Waals surface area contributed by atoms with E-state index in [0.29, 0.717) is 37.8 Å². The van der Waals surface area contributed by atoms with Crippen LogP contribution in [0.15, 0.2) is 30.3 Å². The second kappa shape index (κ2) is 9.13. The van der Waals surface area contributed by atoms with Gasteiger partial charge in [-0.1, -0.05) is 11.6 Å². The molecule has 34 heavy (non-hydrogen) atoms.